The first-order valence-electron chi connectivity index (χ1n) is 10.3. The molecule has 2 N–H and O–H groups in total. The first-order chi connectivity index (χ1) is 14.8. The molecule has 3 rings (SSSR count). The van der Waals surface area contributed by atoms with Gasteiger partial charge in [0, 0.05) is 40.3 Å². The van der Waals surface area contributed by atoms with Gasteiger partial charge in [0.25, 0.3) is 0 Å². The van der Waals surface area contributed by atoms with Gasteiger partial charge in [-0.1, -0.05) is 12.1 Å². The maximum absolute atomic E-state index is 13.1. The van der Waals surface area contributed by atoms with Crippen LogP contribution in [0.1, 0.15) is 24.0 Å². The fraction of sp³-hybridized carbons (Fsp3) is 0.500. The van der Waals surface area contributed by atoms with Gasteiger partial charge in [-0.2, -0.15) is 5.26 Å². The molecule has 0 amide bonds. The molecule has 0 aliphatic carbocycles. The molecule has 31 heavy (non-hydrogen) atoms. The quantitative estimate of drug-likeness (QED) is 0.642. The third-order valence-electron chi connectivity index (χ3n) is 5.79. The van der Waals surface area contributed by atoms with Crippen LogP contribution in [0.3, 0.4) is 0 Å². The first kappa shape index (κ1) is 23.1. The summed E-state index contributed by atoms with van der Waals surface area (Å²) in [6, 6.07) is 8.72. The largest absolute Gasteiger partial charge is 0.376 e. The molecular weight excluding hydrogens is 415 g/mol. The number of hydrogen-bond acceptors (Lipinski definition) is 6. The number of rotatable bonds is 7. The van der Waals surface area contributed by atoms with Crippen molar-refractivity contribution >= 4 is 18.0 Å². The molecule has 0 spiro atoms. The van der Waals surface area contributed by atoms with Gasteiger partial charge in [0.1, 0.15) is 28.8 Å². The Kier molecular flexibility index (Phi) is 7.59. The van der Waals surface area contributed by atoms with E-state index in [2.05, 4.69) is 23.3 Å². The van der Waals surface area contributed by atoms with Crippen molar-refractivity contribution in [3.05, 3.63) is 51.5 Å². The number of nitriles is 1. The van der Waals surface area contributed by atoms with E-state index in [-0.39, 0.29) is 23.0 Å². The Labute approximate surface area is 187 Å². The molecule has 1 aliphatic rings. The minimum atomic E-state index is -0.226. The van der Waals surface area contributed by atoms with Crippen molar-refractivity contribution in [1.82, 2.24) is 14.0 Å². The molecule has 2 heterocycles. The van der Waals surface area contributed by atoms with E-state index in [0.717, 1.165) is 31.5 Å². The van der Waals surface area contributed by atoms with E-state index in [1.807, 2.05) is 12.1 Å². The van der Waals surface area contributed by atoms with Crippen molar-refractivity contribution < 1.29 is 9.13 Å². The van der Waals surface area contributed by atoms with Crippen LogP contribution in [0, 0.1) is 33.2 Å². The maximum Gasteiger partial charge on any atom is 0.182 e. The second-order valence-electron chi connectivity index (χ2n) is 8.10. The van der Waals surface area contributed by atoms with Crippen molar-refractivity contribution in [2.24, 2.45) is 20.0 Å². The number of benzene rings is 1. The summed E-state index contributed by atoms with van der Waals surface area (Å²) < 4.78 is 22.9. The minimum absolute atomic E-state index is 0.0207. The molecule has 2 unspecified atom stereocenters. The Bertz CT molecular complexity index is 1070. The van der Waals surface area contributed by atoms with Crippen LogP contribution in [0.2, 0.25) is 0 Å². The van der Waals surface area contributed by atoms with Crippen molar-refractivity contribution in [2.75, 3.05) is 32.1 Å². The third-order valence-corrected chi connectivity index (χ3v) is 6.34. The summed E-state index contributed by atoms with van der Waals surface area (Å²) in [5.41, 5.74) is 1.42. The van der Waals surface area contributed by atoms with Gasteiger partial charge in [0.05, 0.1) is 6.10 Å². The van der Waals surface area contributed by atoms with Gasteiger partial charge in [-0.25, -0.2) is 4.39 Å². The molecule has 9 heteroatoms. The zero-order chi connectivity index (χ0) is 22.5. The van der Waals surface area contributed by atoms with E-state index in [0.29, 0.717) is 29.7 Å². The highest BCUT2D eigenvalue weighted by molar-refractivity contribution is 7.71. The smallest absolute Gasteiger partial charge is 0.182 e. The lowest BCUT2D eigenvalue weighted by atomic mass is 9.93. The monoisotopic (exact) mass is 444 g/mol. The van der Waals surface area contributed by atoms with E-state index in [1.54, 1.807) is 18.7 Å². The van der Waals surface area contributed by atoms with Crippen molar-refractivity contribution in [1.29, 1.82) is 10.7 Å². The molecule has 0 bridgehead atoms. The predicted octanol–water partition coefficient (Wildman–Crippen LogP) is 2.92. The molecule has 1 aliphatic heterocycles. The molecular formula is C22H29FN6OS. The van der Waals surface area contributed by atoms with Crippen LogP contribution >= 0.6 is 12.2 Å². The number of nitrogens with zero attached hydrogens (tertiary/aromatic N) is 4. The average Bonchev–Trinajstić information content (AvgIpc) is 2.76. The second-order valence-corrected chi connectivity index (χ2v) is 8.47. The summed E-state index contributed by atoms with van der Waals surface area (Å²) in [7, 11) is 5.54. The van der Waals surface area contributed by atoms with Crippen LogP contribution in [0.4, 0.5) is 10.2 Å². The molecule has 1 saturated heterocycles. The minimum Gasteiger partial charge on any atom is -0.376 e. The fourth-order valence-electron chi connectivity index (χ4n) is 4.08. The number of aromatic nitrogens is 2. The summed E-state index contributed by atoms with van der Waals surface area (Å²) >= 11 is 5.39. The van der Waals surface area contributed by atoms with Crippen LogP contribution in [0.15, 0.2) is 24.3 Å². The Balaban J connectivity index is 1.69. The van der Waals surface area contributed by atoms with E-state index in [1.165, 1.54) is 16.7 Å². The van der Waals surface area contributed by atoms with E-state index in [9.17, 15) is 9.65 Å². The molecule has 7 nitrogen and oxygen atoms in total. The van der Waals surface area contributed by atoms with Gasteiger partial charge < -0.3 is 24.1 Å². The van der Waals surface area contributed by atoms with Crippen molar-refractivity contribution in [3.63, 3.8) is 0 Å². The van der Waals surface area contributed by atoms with Gasteiger partial charge in [-0.15, -0.1) is 0 Å². The lowest BCUT2D eigenvalue weighted by Gasteiger charge is -2.35. The lowest BCUT2D eigenvalue weighted by Crippen LogP contribution is -2.41. The second kappa shape index (κ2) is 10.2. The Morgan fingerprint density at radius 1 is 1.32 bits per heavy atom. The van der Waals surface area contributed by atoms with E-state index >= 15 is 0 Å². The highest BCUT2D eigenvalue weighted by Crippen LogP contribution is 2.23. The molecule has 1 aromatic heterocycles. The van der Waals surface area contributed by atoms with Crippen LogP contribution in [0.5, 0.6) is 0 Å². The summed E-state index contributed by atoms with van der Waals surface area (Å²) in [6.45, 7) is 2.82. The molecule has 1 fully saturated rings. The summed E-state index contributed by atoms with van der Waals surface area (Å²) in [5.74, 6) is 0.639. The van der Waals surface area contributed by atoms with Crippen LogP contribution in [-0.4, -0.2) is 46.9 Å². The van der Waals surface area contributed by atoms with E-state index in [4.69, 9.17) is 22.4 Å². The average molecular weight is 445 g/mol. The lowest BCUT2D eigenvalue weighted by molar-refractivity contribution is -0.0274. The van der Waals surface area contributed by atoms with Gasteiger partial charge in [0.15, 0.2) is 4.77 Å². The van der Waals surface area contributed by atoms with Crippen LogP contribution in [0.25, 0.3) is 0 Å². The Morgan fingerprint density at radius 2 is 2.03 bits per heavy atom. The van der Waals surface area contributed by atoms with Crippen molar-refractivity contribution in [3.8, 4) is 6.07 Å². The third kappa shape index (κ3) is 5.39. The first-order valence-corrected chi connectivity index (χ1v) is 10.8. The summed E-state index contributed by atoms with van der Waals surface area (Å²) in [6.07, 6.45) is 2.04. The maximum atomic E-state index is 13.1. The molecule has 166 valence electrons. The predicted molar refractivity (Wildman–Crippen MR) is 119 cm³/mol. The summed E-state index contributed by atoms with van der Waals surface area (Å²) in [4.78, 5) is 2.23. The Morgan fingerprint density at radius 3 is 2.71 bits per heavy atom. The Hall–Kier alpha value is -2.54. The summed E-state index contributed by atoms with van der Waals surface area (Å²) in [5, 5.41) is 21.1. The molecule has 2 aromatic rings. The zero-order valence-corrected chi connectivity index (χ0v) is 19.0. The van der Waals surface area contributed by atoms with Gasteiger partial charge >= 0.3 is 0 Å². The van der Waals surface area contributed by atoms with Gasteiger partial charge in [-0.3, -0.25) is 5.41 Å². The van der Waals surface area contributed by atoms with Crippen LogP contribution in [-0.2, 0) is 25.4 Å². The normalized spacial score (nSPS) is 18.7. The zero-order valence-electron chi connectivity index (χ0n) is 18.2. The number of halogens is 1. The fourth-order valence-corrected chi connectivity index (χ4v) is 4.26. The highest BCUT2D eigenvalue weighted by atomic mass is 32.1. The standard InChI is InChI=1S/C22H29FN6OS/c1-27(13-15-6-8-17(23)9-7-15)14-16-5-4-10-30-19(16)12-26-21-18(11-24)20(25)28(2)22(31)29(21)3/h6-9,16,19,25-26H,4-5,10,12-14H2,1-3H3. The van der Waals surface area contributed by atoms with Gasteiger partial charge in [0.2, 0.25) is 0 Å². The number of nitrogens with one attached hydrogen (secondary N) is 2. The van der Waals surface area contributed by atoms with Crippen LogP contribution < -0.4 is 10.8 Å². The topological polar surface area (TPSA) is 82.0 Å². The number of hydrogen-bond donors (Lipinski definition) is 2. The molecule has 0 saturated carbocycles. The van der Waals surface area contributed by atoms with E-state index < -0.39 is 0 Å². The van der Waals surface area contributed by atoms with Gasteiger partial charge in [-0.05, 0) is 55.7 Å². The SMILES string of the molecule is CN(Cc1ccc(F)cc1)CC1CCCOC1CNc1c(C#N)c(=N)n(C)c(=S)n1C. The molecule has 1 aromatic carbocycles. The molecule has 2 atom stereocenters. The highest BCUT2D eigenvalue weighted by Gasteiger charge is 2.27. The number of anilines is 1. The number of ether oxygens (including phenoxy) is 1. The molecule has 0 radical (unpaired) electrons. The van der Waals surface area contributed by atoms with Crippen molar-refractivity contribution in [2.45, 2.75) is 25.5 Å².